The van der Waals surface area contributed by atoms with E-state index in [1.807, 2.05) is 0 Å². The Hall–Kier alpha value is -0.450. The van der Waals surface area contributed by atoms with E-state index in [9.17, 15) is 0 Å². The monoisotopic (exact) mass is 267 g/mol. The van der Waals surface area contributed by atoms with E-state index in [0.717, 1.165) is 26.1 Å². The Morgan fingerprint density at radius 3 is 2.94 bits per heavy atom. The van der Waals surface area contributed by atoms with Crippen LogP contribution in [0.5, 0.6) is 0 Å². The lowest BCUT2D eigenvalue weighted by Gasteiger charge is -2.44. The van der Waals surface area contributed by atoms with Gasteiger partial charge in [-0.1, -0.05) is 6.92 Å². The van der Waals surface area contributed by atoms with Crippen molar-refractivity contribution in [3.8, 4) is 0 Å². The smallest absolute Gasteiger partial charge is 0.0897 e. The summed E-state index contributed by atoms with van der Waals surface area (Å²) in [5, 5.41) is 7.01. The van der Waals surface area contributed by atoms with Crippen LogP contribution in [-0.4, -0.2) is 41.1 Å². The molecule has 2 rings (SSSR count). The second-order valence-electron chi connectivity index (χ2n) is 5.91. The summed E-state index contributed by atoms with van der Waals surface area (Å²) in [6.45, 7) is 12.3. The average molecular weight is 267 g/mol. The van der Waals surface area contributed by atoms with E-state index in [4.69, 9.17) is 0 Å². The van der Waals surface area contributed by atoms with Crippen LogP contribution in [0.2, 0.25) is 0 Å². The lowest BCUT2D eigenvalue weighted by atomic mass is 9.97. The Balaban J connectivity index is 1.92. The van der Waals surface area contributed by atoms with E-state index >= 15 is 0 Å². The van der Waals surface area contributed by atoms with E-state index in [-0.39, 0.29) is 5.54 Å². The highest BCUT2D eigenvalue weighted by Gasteiger charge is 2.31. The summed E-state index contributed by atoms with van der Waals surface area (Å²) in [6.07, 6.45) is 2.30. The van der Waals surface area contributed by atoms with Gasteiger partial charge >= 0.3 is 0 Å². The molecule has 2 heterocycles. The first-order valence-electron chi connectivity index (χ1n) is 6.90. The minimum absolute atomic E-state index is 0.240. The molecule has 1 aromatic rings. The van der Waals surface area contributed by atoms with Crippen molar-refractivity contribution in [3.63, 3.8) is 0 Å². The van der Waals surface area contributed by atoms with E-state index in [1.165, 1.54) is 17.1 Å². The van der Waals surface area contributed by atoms with Gasteiger partial charge in [-0.25, -0.2) is 4.98 Å². The van der Waals surface area contributed by atoms with Crippen molar-refractivity contribution in [1.29, 1.82) is 0 Å². The van der Waals surface area contributed by atoms with Crippen molar-refractivity contribution in [2.45, 2.75) is 52.1 Å². The third-order valence-electron chi connectivity index (χ3n) is 3.72. The fraction of sp³-hybridized carbons (Fsp3) is 0.786. The molecular formula is C14H25N3S. The number of thiazole rings is 1. The number of nitrogens with one attached hydrogen (secondary N) is 1. The molecule has 1 aliphatic heterocycles. The number of hydrogen-bond donors (Lipinski definition) is 1. The van der Waals surface area contributed by atoms with E-state index in [0.29, 0.717) is 6.04 Å². The van der Waals surface area contributed by atoms with Gasteiger partial charge in [0, 0.05) is 43.0 Å². The molecule has 1 N–H and O–H groups in total. The third-order valence-corrected chi connectivity index (χ3v) is 4.55. The van der Waals surface area contributed by atoms with Crippen molar-refractivity contribution in [1.82, 2.24) is 15.2 Å². The molecule has 1 fully saturated rings. The van der Waals surface area contributed by atoms with Crippen LogP contribution in [0.15, 0.2) is 5.38 Å². The molecule has 18 heavy (non-hydrogen) atoms. The van der Waals surface area contributed by atoms with Crippen LogP contribution in [0.25, 0.3) is 0 Å². The molecule has 0 bridgehead atoms. The number of aryl methyl sites for hydroxylation is 1. The lowest BCUT2D eigenvalue weighted by Crippen LogP contribution is -2.61. The van der Waals surface area contributed by atoms with Crippen LogP contribution < -0.4 is 5.32 Å². The number of piperazine rings is 1. The summed E-state index contributed by atoms with van der Waals surface area (Å²) in [5.74, 6) is 0. The Labute approximate surface area is 115 Å². The molecule has 1 aliphatic rings. The fourth-order valence-electron chi connectivity index (χ4n) is 2.66. The topological polar surface area (TPSA) is 28.2 Å². The summed E-state index contributed by atoms with van der Waals surface area (Å²) in [4.78, 5) is 7.19. The van der Waals surface area contributed by atoms with Gasteiger partial charge in [0.15, 0.2) is 0 Å². The van der Waals surface area contributed by atoms with Crippen LogP contribution in [0.3, 0.4) is 0 Å². The molecule has 0 saturated carbocycles. The Kier molecular flexibility index (Phi) is 4.41. The fourth-order valence-corrected chi connectivity index (χ4v) is 3.31. The standard InChI is InChI=1S/C14H25N3S/c1-5-13-8-15-14(3,4)10-17(13)7-6-12-9-18-11(2)16-12/h9,13,15H,5-8,10H2,1-4H3. The summed E-state index contributed by atoms with van der Waals surface area (Å²) < 4.78 is 0. The minimum atomic E-state index is 0.240. The molecule has 1 atom stereocenters. The molecule has 3 nitrogen and oxygen atoms in total. The van der Waals surface area contributed by atoms with Gasteiger partial charge in [-0.2, -0.15) is 0 Å². The number of aromatic nitrogens is 1. The Morgan fingerprint density at radius 2 is 2.33 bits per heavy atom. The van der Waals surface area contributed by atoms with Gasteiger partial charge < -0.3 is 5.32 Å². The third kappa shape index (κ3) is 3.53. The van der Waals surface area contributed by atoms with Crippen molar-refractivity contribution in [2.75, 3.05) is 19.6 Å². The maximum atomic E-state index is 4.56. The number of hydrogen-bond acceptors (Lipinski definition) is 4. The van der Waals surface area contributed by atoms with E-state index < -0.39 is 0 Å². The number of nitrogens with zero attached hydrogens (tertiary/aromatic N) is 2. The van der Waals surface area contributed by atoms with Gasteiger partial charge in [0.2, 0.25) is 0 Å². The van der Waals surface area contributed by atoms with Gasteiger partial charge in [-0.15, -0.1) is 11.3 Å². The minimum Gasteiger partial charge on any atom is -0.309 e. The zero-order valence-electron chi connectivity index (χ0n) is 12.0. The second kappa shape index (κ2) is 5.68. The van der Waals surface area contributed by atoms with Crippen LogP contribution >= 0.6 is 11.3 Å². The van der Waals surface area contributed by atoms with Gasteiger partial charge in [-0.3, -0.25) is 4.90 Å². The molecule has 1 unspecified atom stereocenters. The summed E-state index contributed by atoms with van der Waals surface area (Å²) in [7, 11) is 0. The van der Waals surface area contributed by atoms with Crippen LogP contribution in [0, 0.1) is 6.92 Å². The molecule has 1 saturated heterocycles. The van der Waals surface area contributed by atoms with Gasteiger partial charge in [0.1, 0.15) is 0 Å². The van der Waals surface area contributed by atoms with Gasteiger partial charge in [-0.05, 0) is 27.2 Å². The molecule has 1 aromatic heterocycles. The zero-order valence-corrected chi connectivity index (χ0v) is 12.8. The quantitative estimate of drug-likeness (QED) is 0.908. The predicted octanol–water partition coefficient (Wildman–Crippen LogP) is 2.46. The largest absolute Gasteiger partial charge is 0.309 e. The van der Waals surface area contributed by atoms with Crippen molar-refractivity contribution in [3.05, 3.63) is 16.1 Å². The van der Waals surface area contributed by atoms with Gasteiger partial charge in [0.05, 0.1) is 10.7 Å². The second-order valence-corrected chi connectivity index (χ2v) is 6.97. The van der Waals surface area contributed by atoms with E-state index in [1.54, 1.807) is 11.3 Å². The highest BCUT2D eigenvalue weighted by atomic mass is 32.1. The maximum absolute atomic E-state index is 4.56. The van der Waals surface area contributed by atoms with Crippen molar-refractivity contribution >= 4 is 11.3 Å². The molecule has 0 amide bonds. The van der Waals surface area contributed by atoms with Gasteiger partial charge in [0.25, 0.3) is 0 Å². The Bertz CT molecular complexity index is 386. The highest BCUT2D eigenvalue weighted by Crippen LogP contribution is 2.18. The molecule has 0 radical (unpaired) electrons. The Morgan fingerprint density at radius 1 is 1.56 bits per heavy atom. The first-order valence-corrected chi connectivity index (χ1v) is 7.78. The van der Waals surface area contributed by atoms with Crippen LogP contribution in [-0.2, 0) is 6.42 Å². The normalized spacial score (nSPS) is 24.3. The predicted molar refractivity (Wildman–Crippen MR) is 78.3 cm³/mol. The summed E-state index contributed by atoms with van der Waals surface area (Å²) >= 11 is 1.76. The summed E-state index contributed by atoms with van der Waals surface area (Å²) in [6, 6.07) is 0.678. The molecule has 4 heteroatoms. The first kappa shape index (κ1) is 14.0. The number of rotatable bonds is 4. The summed E-state index contributed by atoms with van der Waals surface area (Å²) in [5.41, 5.74) is 1.49. The van der Waals surface area contributed by atoms with Crippen LogP contribution in [0.1, 0.15) is 37.9 Å². The van der Waals surface area contributed by atoms with Crippen molar-refractivity contribution in [2.24, 2.45) is 0 Å². The SMILES string of the molecule is CCC1CNC(C)(C)CN1CCc1csc(C)n1. The van der Waals surface area contributed by atoms with E-state index in [2.05, 4.69) is 48.3 Å². The highest BCUT2D eigenvalue weighted by molar-refractivity contribution is 7.09. The molecular weight excluding hydrogens is 242 g/mol. The lowest BCUT2D eigenvalue weighted by molar-refractivity contribution is 0.0937. The average Bonchev–Trinajstić information content (AvgIpc) is 2.72. The molecule has 102 valence electrons. The molecule has 0 spiro atoms. The molecule has 0 aliphatic carbocycles. The van der Waals surface area contributed by atoms with Crippen LogP contribution in [0.4, 0.5) is 0 Å². The zero-order chi connectivity index (χ0) is 13.2. The molecule has 0 aromatic carbocycles. The maximum Gasteiger partial charge on any atom is 0.0897 e. The first-order chi connectivity index (χ1) is 8.50. The van der Waals surface area contributed by atoms with Crippen molar-refractivity contribution < 1.29 is 0 Å².